The van der Waals surface area contributed by atoms with E-state index in [0.717, 1.165) is 31.2 Å². The van der Waals surface area contributed by atoms with Crippen LogP contribution in [-0.2, 0) is 20.7 Å². The minimum absolute atomic E-state index is 0.0113. The largest absolute Gasteiger partial charge is 0.481 e. The van der Waals surface area contributed by atoms with Gasteiger partial charge in [-0.15, -0.1) is 0 Å². The van der Waals surface area contributed by atoms with E-state index < -0.39 is 5.97 Å². The Labute approximate surface area is 137 Å². The van der Waals surface area contributed by atoms with Crippen molar-refractivity contribution in [1.29, 1.82) is 0 Å². The molecule has 0 fully saturated rings. The van der Waals surface area contributed by atoms with Gasteiger partial charge in [0.1, 0.15) is 0 Å². The van der Waals surface area contributed by atoms with Crippen LogP contribution >= 0.6 is 0 Å². The number of carbonyl (C=O) groups excluding carboxylic acids is 1. The summed E-state index contributed by atoms with van der Waals surface area (Å²) in [5, 5.41) is 11.5. The van der Waals surface area contributed by atoms with Crippen molar-refractivity contribution in [2.75, 3.05) is 13.2 Å². The number of nitrogens with one attached hydrogen (secondary N) is 1. The van der Waals surface area contributed by atoms with Gasteiger partial charge in [0.25, 0.3) is 0 Å². The highest BCUT2D eigenvalue weighted by atomic mass is 16.5. The number of fused-ring (bicyclic) bond motifs is 1. The molecule has 1 aliphatic rings. The lowest BCUT2D eigenvalue weighted by Crippen LogP contribution is -2.28. The molecule has 0 saturated carbocycles. The van der Waals surface area contributed by atoms with E-state index in [9.17, 15) is 9.59 Å². The molecule has 0 saturated heterocycles. The molecule has 5 nitrogen and oxygen atoms in total. The van der Waals surface area contributed by atoms with Gasteiger partial charge in [-0.3, -0.25) is 9.59 Å². The van der Waals surface area contributed by atoms with Gasteiger partial charge in [0.2, 0.25) is 5.91 Å². The highest BCUT2D eigenvalue weighted by molar-refractivity contribution is 5.76. The van der Waals surface area contributed by atoms with Crippen LogP contribution in [0.5, 0.6) is 0 Å². The van der Waals surface area contributed by atoms with Crippen molar-refractivity contribution in [3.63, 3.8) is 0 Å². The maximum absolute atomic E-state index is 12.0. The summed E-state index contributed by atoms with van der Waals surface area (Å²) in [5.41, 5.74) is 2.40. The van der Waals surface area contributed by atoms with Crippen LogP contribution in [0.15, 0.2) is 24.3 Å². The fourth-order valence-corrected chi connectivity index (χ4v) is 2.87. The topological polar surface area (TPSA) is 75.6 Å². The van der Waals surface area contributed by atoms with Gasteiger partial charge in [0.15, 0.2) is 0 Å². The molecular weight excluding hydrogens is 294 g/mol. The average Bonchev–Trinajstić information content (AvgIpc) is 2.54. The molecule has 1 heterocycles. The maximum Gasteiger partial charge on any atom is 0.303 e. The summed E-state index contributed by atoms with van der Waals surface area (Å²) in [6.07, 6.45) is 4.77. The molecular formula is C18H25NO4. The van der Waals surface area contributed by atoms with Gasteiger partial charge in [0.05, 0.1) is 19.1 Å². The number of rotatable bonds is 9. The van der Waals surface area contributed by atoms with Crippen molar-refractivity contribution in [2.45, 2.75) is 51.0 Å². The Kier molecular flexibility index (Phi) is 7.07. The number of benzene rings is 1. The minimum Gasteiger partial charge on any atom is -0.481 e. The van der Waals surface area contributed by atoms with E-state index in [1.165, 1.54) is 5.56 Å². The maximum atomic E-state index is 12.0. The summed E-state index contributed by atoms with van der Waals surface area (Å²) in [6, 6.07) is 8.13. The molecule has 0 spiro atoms. The van der Waals surface area contributed by atoms with Gasteiger partial charge in [-0.1, -0.05) is 37.1 Å². The first-order chi connectivity index (χ1) is 11.2. The zero-order chi connectivity index (χ0) is 16.5. The van der Waals surface area contributed by atoms with E-state index >= 15 is 0 Å². The van der Waals surface area contributed by atoms with E-state index in [4.69, 9.17) is 9.84 Å². The van der Waals surface area contributed by atoms with Gasteiger partial charge >= 0.3 is 5.97 Å². The first kappa shape index (κ1) is 17.5. The molecule has 1 aromatic rings. The summed E-state index contributed by atoms with van der Waals surface area (Å²) in [6.45, 7) is 1.30. The molecule has 5 heteroatoms. The van der Waals surface area contributed by atoms with Crippen molar-refractivity contribution >= 4 is 11.9 Å². The van der Waals surface area contributed by atoms with Gasteiger partial charge in [-0.2, -0.15) is 0 Å². The summed E-state index contributed by atoms with van der Waals surface area (Å²) < 4.78 is 5.74. The fraction of sp³-hybridized carbons (Fsp3) is 0.556. The molecule has 0 bridgehead atoms. The second-order valence-corrected chi connectivity index (χ2v) is 5.92. The summed E-state index contributed by atoms with van der Waals surface area (Å²) in [4.78, 5) is 22.4. The number of aliphatic carboxylic acids is 1. The van der Waals surface area contributed by atoms with Crippen molar-refractivity contribution in [1.82, 2.24) is 5.32 Å². The highest BCUT2D eigenvalue weighted by Gasteiger charge is 2.22. The van der Waals surface area contributed by atoms with Crippen molar-refractivity contribution in [3.8, 4) is 0 Å². The number of carboxylic acids is 1. The third-order valence-electron chi connectivity index (χ3n) is 4.10. The van der Waals surface area contributed by atoms with Gasteiger partial charge in [-0.25, -0.2) is 0 Å². The number of ether oxygens (including phenoxy) is 1. The van der Waals surface area contributed by atoms with Crippen LogP contribution < -0.4 is 5.32 Å². The van der Waals surface area contributed by atoms with E-state index in [1.807, 2.05) is 18.2 Å². The van der Waals surface area contributed by atoms with Crippen molar-refractivity contribution < 1.29 is 19.4 Å². The standard InChI is InChI=1S/C18H25NO4/c20-17(19-11-6-2-1-3-9-18(21)22)13-16-15-8-5-4-7-14(15)10-12-23-16/h4-5,7-8,16H,1-3,6,9-13H2,(H,19,20)(H,21,22). The Morgan fingerprint density at radius 3 is 2.78 bits per heavy atom. The Balaban J connectivity index is 1.63. The van der Waals surface area contributed by atoms with Crippen LogP contribution in [0.3, 0.4) is 0 Å². The minimum atomic E-state index is -0.744. The molecule has 0 aliphatic carbocycles. The van der Waals surface area contributed by atoms with Crippen LogP contribution in [0.25, 0.3) is 0 Å². The second kappa shape index (κ2) is 9.30. The number of carbonyl (C=O) groups is 2. The van der Waals surface area contributed by atoms with Crippen molar-refractivity contribution in [3.05, 3.63) is 35.4 Å². The molecule has 23 heavy (non-hydrogen) atoms. The summed E-state index contributed by atoms with van der Waals surface area (Å²) >= 11 is 0. The Morgan fingerprint density at radius 2 is 1.96 bits per heavy atom. The molecule has 2 rings (SSSR count). The Morgan fingerprint density at radius 1 is 1.17 bits per heavy atom. The number of carboxylic acid groups (broad SMARTS) is 1. The van der Waals surface area contributed by atoms with E-state index in [0.29, 0.717) is 26.0 Å². The van der Waals surface area contributed by atoms with E-state index in [1.54, 1.807) is 0 Å². The molecule has 2 N–H and O–H groups in total. The predicted molar refractivity (Wildman–Crippen MR) is 87.2 cm³/mol. The number of hydrogen-bond acceptors (Lipinski definition) is 3. The molecule has 126 valence electrons. The van der Waals surface area contributed by atoms with Crippen LogP contribution in [0, 0.1) is 0 Å². The number of amides is 1. The van der Waals surface area contributed by atoms with Gasteiger partial charge in [0, 0.05) is 13.0 Å². The van der Waals surface area contributed by atoms with Crippen LogP contribution in [-0.4, -0.2) is 30.1 Å². The van der Waals surface area contributed by atoms with E-state index in [2.05, 4.69) is 11.4 Å². The Hall–Kier alpha value is -1.88. The number of hydrogen-bond donors (Lipinski definition) is 2. The average molecular weight is 319 g/mol. The monoisotopic (exact) mass is 319 g/mol. The lowest BCUT2D eigenvalue weighted by Gasteiger charge is -2.25. The zero-order valence-corrected chi connectivity index (χ0v) is 13.4. The van der Waals surface area contributed by atoms with Gasteiger partial charge < -0.3 is 15.2 Å². The summed E-state index contributed by atoms with van der Waals surface area (Å²) in [5.74, 6) is -0.733. The second-order valence-electron chi connectivity index (χ2n) is 5.92. The first-order valence-corrected chi connectivity index (χ1v) is 8.34. The zero-order valence-electron chi connectivity index (χ0n) is 13.4. The molecule has 1 aromatic carbocycles. The SMILES string of the molecule is O=C(O)CCCCCCNC(=O)CC1OCCc2ccccc21. The van der Waals surface area contributed by atoms with Gasteiger partial charge in [-0.05, 0) is 30.4 Å². The smallest absolute Gasteiger partial charge is 0.303 e. The molecule has 1 aliphatic heterocycles. The summed E-state index contributed by atoms with van der Waals surface area (Å²) in [7, 11) is 0. The lowest BCUT2D eigenvalue weighted by atomic mass is 9.95. The first-order valence-electron chi connectivity index (χ1n) is 8.34. The van der Waals surface area contributed by atoms with Crippen LogP contribution in [0.1, 0.15) is 55.8 Å². The number of unbranched alkanes of at least 4 members (excludes halogenated alkanes) is 3. The highest BCUT2D eigenvalue weighted by Crippen LogP contribution is 2.29. The molecule has 0 aromatic heterocycles. The predicted octanol–water partition coefficient (Wildman–Crippen LogP) is 2.84. The van der Waals surface area contributed by atoms with Crippen LogP contribution in [0.4, 0.5) is 0 Å². The molecule has 1 atom stereocenters. The lowest BCUT2D eigenvalue weighted by molar-refractivity contribution is -0.137. The Bertz CT molecular complexity index is 530. The van der Waals surface area contributed by atoms with Crippen molar-refractivity contribution in [2.24, 2.45) is 0 Å². The normalized spacial score (nSPS) is 16.6. The van der Waals surface area contributed by atoms with E-state index in [-0.39, 0.29) is 18.4 Å². The molecule has 1 unspecified atom stereocenters. The van der Waals surface area contributed by atoms with Crippen LogP contribution in [0.2, 0.25) is 0 Å². The molecule has 0 radical (unpaired) electrons. The fourth-order valence-electron chi connectivity index (χ4n) is 2.87. The molecule has 1 amide bonds. The quantitative estimate of drug-likeness (QED) is 0.686. The third-order valence-corrected chi connectivity index (χ3v) is 4.10. The third kappa shape index (κ3) is 6.02.